The second-order valence-electron chi connectivity index (χ2n) is 7.54. The molecule has 1 heterocycles. The predicted octanol–water partition coefficient (Wildman–Crippen LogP) is 3.49. The Labute approximate surface area is 148 Å². The van der Waals surface area contributed by atoms with Gasteiger partial charge in [-0.2, -0.15) is 0 Å². The van der Waals surface area contributed by atoms with Crippen molar-refractivity contribution in [2.24, 2.45) is 0 Å². The lowest BCUT2D eigenvalue weighted by atomic mass is 9.89. The van der Waals surface area contributed by atoms with Gasteiger partial charge in [0.25, 0.3) is 0 Å². The molecule has 25 heavy (non-hydrogen) atoms. The van der Waals surface area contributed by atoms with E-state index in [-0.39, 0.29) is 5.92 Å². The number of hydrogen-bond acceptors (Lipinski definition) is 4. The second kappa shape index (κ2) is 6.94. The number of carbonyl (C=O) groups excluding carboxylic acids is 1. The van der Waals surface area contributed by atoms with Gasteiger partial charge in [-0.1, -0.05) is 12.1 Å². The number of hydrogen-bond donors (Lipinski definition) is 1. The Morgan fingerprint density at radius 2 is 1.76 bits per heavy atom. The average molecular weight is 349 g/mol. The number of aryl methyl sites for hydroxylation is 2. The van der Waals surface area contributed by atoms with Gasteiger partial charge in [-0.3, -0.25) is 4.90 Å². The molecule has 2 atom stereocenters. The molecule has 0 saturated carbocycles. The smallest absolute Gasteiger partial charge is 0.411 e. The molecule has 1 saturated heterocycles. The predicted molar refractivity (Wildman–Crippen MR) is 94.2 cm³/mol. The van der Waals surface area contributed by atoms with Crippen molar-refractivity contribution in [1.82, 2.24) is 4.90 Å². The summed E-state index contributed by atoms with van der Waals surface area (Å²) in [5.74, 6) is -0.481. The van der Waals surface area contributed by atoms with Gasteiger partial charge in [-0.25, -0.2) is 9.59 Å². The van der Waals surface area contributed by atoms with Crippen LogP contribution in [0.25, 0.3) is 0 Å². The third kappa shape index (κ3) is 4.06. The zero-order chi connectivity index (χ0) is 18.9. The van der Waals surface area contributed by atoms with Crippen molar-refractivity contribution in [1.29, 1.82) is 0 Å². The Bertz CT molecular complexity index is 654. The third-order valence-corrected chi connectivity index (χ3v) is 4.39. The molecule has 6 heteroatoms. The van der Waals surface area contributed by atoms with Crippen molar-refractivity contribution in [2.45, 2.75) is 58.6 Å². The first-order valence-corrected chi connectivity index (χ1v) is 8.42. The molecule has 0 radical (unpaired) electrons. The number of nitrogens with zero attached hydrogens (tertiary/aromatic N) is 1. The number of methoxy groups -OCH3 is 1. The van der Waals surface area contributed by atoms with Crippen LogP contribution in [0.2, 0.25) is 0 Å². The summed E-state index contributed by atoms with van der Waals surface area (Å²) in [6.45, 7) is 9.54. The number of benzene rings is 1. The van der Waals surface area contributed by atoms with Gasteiger partial charge in [0, 0.05) is 12.5 Å². The van der Waals surface area contributed by atoms with Crippen molar-refractivity contribution in [3.05, 3.63) is 28.8 Å². The van der Waals surface area contributed by atoms with Gasteiger partial charge in [-0.05, 0) is 57.7 Å². The molecule has 1 aliphatic heterocycles. The van der Waals surface area contributed by atoms with E-state index >= 15 is 0 Å². The highest BCUT2D eigenvalue weighted by molar-refractivity contribution is 5.82. The van der Waals surface area contributed by atoms with Crippen LogP contribution < -0.4 is 4.74 Å². The zero-order valence-electron chi connectivity index (χ0n) is 15.8. The van der Waals surface area contributed by atoms with Crippen LogP contribution in [-0.2, 0) is 9.53 Å². The molecule has 0 aliphatic carbocycles. The van der Waals surface area contributed by atoms with Crippen LogP contribution in [0.5, 0.6) is 5.75 Å². The van der Waals surface area contributed by atoms with E-state index in [0.29, 0.717) is 13.0 Å². The molecule has 2 rings (SSSR count). The van der Waals surface area contributed by atoms with E-state index in [2.05, 4.69) is 0 Å². The van der Waals surface area contributed by atoms with E-state index in [9.17, 15) is 14.7 Å². The monoisotopic (exact) mass is 349 g/mol. The Balaban J connectivity index is 2.34. The standard InChI is InChI=1S/C19H27NO5/c1-11-9-13(10-12(2)16(11)24-6)14-7-8-20(15(14)17(21)22)18(23)25-19(3,4)5/h9-10,14-15H,7-8H2,1-6H3,(H,21,22)/t14?,15-/m1/s1. The number of amides is 1. The third-order valence-electron chi connectivity index (χ3n) is 4.39. The first-order chi connectivity index (χ1) is 11.5. The Hall–Kier alpha value is -2.24. The van der Waals surface area contributed by atoms with Gasteiger partial charge in [0.1, 0.15) is 17.4 Å². The number of likely N-dealkylation sites (tertiary alicyclic amines) is 1. The van der Waals surface area contributed by atoms with E-state index in [1.165, 1.54) is 4.90 Å². The fourth-order valence-electron chi connectivity index (χ4n) is 3.49. The van der Waals surface area contributed by atoms with Crippen LogP contribution in [0.15, 0.2) is 12.1 Å². The summed E-state index contributed by atoms with van der Waals surface area (Å²) in [5.41, 5.74) is 2.16. The number of aliphatic carboxylic acids is 1. The molecule has 1 fully saturated rings. The fraction of sp³-hybridized carbons (Fsp3) is 0.579. The summed E-state index contributed by atoms with van der Waals surface area (Å²) in [7, 11) is 1.62. The minimum atomic E-state index is -1.01. The van der Waals surface area contributed by atoms with Crippen molar-refractivity contribution < 1.29 is 24.2 Å². The highest BCUT2D eigenvalue weighted by Gasteiger charge is 2.44. The first kappa shape index (κ1) is 19.1. The Kier molecular flexibility index (Phi) is 5.30. The molecule has 1 N–H and O–H groups in total. The van der Waals surface area contributed by atoms with Crippen LogP contribution in [-0.4, -0.2) is 47.4 Å². The molecular weight excluding hydrogens is 322 g/mol. The van der Waals surface area contributed by atoms with Crippen molar-refractivity contribution in [2.75, 3.05) is 13.7 Å². The van der Waals surface area contributed by atoms with E-state index in [4.69, 9.17) is 9.47 Å². The molecule has 1 aromatic carbocycles. The Morgan fingerprint density at radius 3 is 2.20 bits per heavy atom. The summed E-state index contributed by atoms with van der Waals surface area (Å²) in [4.78, 5) is 25.6. The quantitative estimate of drug-likeness (QED) is 0.904. The molecule has 6 nitrogen and oxygen atoms in total. The van der Waals surface area contributed by atoms with Crippen LogP contribution in [0.4, 0.5) is 4.79 Å². The molecular formula is C19H27NO5. The van der Waals surface area contributed by atoms with Crippen molar-refractivity contribution in [3.8, 4) is 5.75 Å². The normalized spacial score (nSPS) is 20.5. The highest BCUT2D eigenvalue weighted by Crippen LogP contribution is 2.37. The summed E-state index contributed by atoms with van der Waals surface area (Å²) in [6.07, 6.45) is 0.00544. The number of carboxylic acid groups (broad SMARTS) is 1. The van der Waals surface area contributed by atoms with Crippen LogP contribution >= 0.6 is 0 Å². The second-order valence-corrected chi connectivity index (χ2v) is 7.54. The van der Waals surface area contributed by atoms with Gasteiger partial charge in [0.2, 0.25) is 0 Å². The largest absolute Gasteiger partial charge is 0.496 e. The van der Waals surface area contributed by atoms with Crippen molar-refractivity contribution >= 4 is 12.1 Å². The van der Waals surface area contributed by atoms with E-state index in [1.807, 2.05) is 26.0 Å². The van der Waals surface area contributed by atoms with E-state index < -0.39 is 23.7 Å². The van der Waals surface area contributed by atoms with Gasteiger partial charge >= 0.3 is 12.1 Å². The number of carboxylic acids is 1. The molecule has 1 aliphatic rings. The number of ether oxygens (including phenoxy) is 2. The summed E-state index contributed by atoms with van der Waals surface area (Å²) >= 11 is 0. The maximum atomic E-state index is 12.4. The molecule has 138 valence electrons. The summed E-state index contributed by atoms with van der Waals surface area (Å²) < 4.78 is 10.8. The lowest BCUT2D eigenvalue weighted by Crippen LogP contribution is -2.45. The topological polar surface area (TPSA) is 76.1 Å². The maximum absolute atomic E-state index is 12.4. The highest BCUT2D eigenvalue weighted by atomic mass is 16.6. The minimum absolute atomic E-state index is 0.270. The fourth-order valence-corrected chi connectivity index (χ4v) is 3.49. The SMILES string of the molecule is COc1c(C)cc(C2CCN(C(=O)OC(C)(C)C)[C@H]2C(=O)O)cc1C. The van der Waals surface area contributed by atoms with Gasteiger partial charge in [-0.15, -0.1) is 0 Å². The first-order valence-electron chi connectivity index (χ1n) is 8.42. The van der Waals surface area contributed by atoms with Crippen LogP contribution in [0.1, 0.15) is 49.8 Å². The number of rotatable bonds is 3. The number of carbonyl (C=O) groups is 2. The summed E-state index contributed by atoms with van der Waals surface area (Å²) in [6, 6.07) is 2.97. The zero-order valence-corrected chi connectivity index (χ0v) is 15.8. The average Bonchev–Trinajstić information content (AvgIpc) is 2.90. The molecule has 1 unspecified atom stereocenters. The minimum Gasteiger partial charge on any atom is -0.496 e. The maximum Gasteiger partial charge on any atom is 0.411 e. The molecule has 0 bridgehead atoms. The van der Waals surface area contributed by atoms with Gasteiger partial charge in [0.15, 0.2) is 0 Å². The van der Waals surface area contributed by atoms with Crippen molar-refractivity contribution in [3.63, 3.8) is 0 Å². The van der Waals surface area contributed by atoms with Gasteiger partial charge in [0.05, 0.1) is 7.11 Å². The van der Waals surface area contributed by atoms with Crippen LogP contribution in [0.3, 0.4) is 0 Å². The summed E-state index contributed by atoms with van der Waals surface area (Å²) in [5, 5.41) is 9.73. The lowest BCUT2D eigenvalue weighted by molar-refractivity contribution is -0.142. The van der Waals surface area contributed by atoms with E-state index in [0.717, 1.165) is 22.4 Å². The molecule has 0 aromatic heterocycles. The van der Waals surface area contributed by atoms with Crippen LogP contribution in [0, 0.1) is 13.8 Å². The van der Waals surface area contributed by atoms with E-state index in [1.54, 1.807) is 27.9 Å². The molecule has 0 spiro atoms. The van der Waals surface area contributed by atoms with Gasteiger partial charge < -0.3 is 14.6 Å². The molecule has 1 amide bonds. The Morgan fingerprint density at radius 1 is 1.20 bits per heavy atom. The lowest BCUT2D eigenvalue weighted by Gasteiger charge is -2.28. The molecule has 1 aromatic rings.